The van der Waals surface area contributed by atoms with Crippen molar-refractivity contribution in [2.45, 2.75) is 83.0 Å². The summed E-state index contributed by atoms with van der Waals surface area (Å²) >= 11 is 0. The molecule has 34 heavy (non-hydrogen) atoms. The summed E-state index contributed by atoms with van der Waals surface area (Å²) in [7, 11) is 0. The van der Waals surface area contributed by atoms with Crippen molar-refractivity contribution < 1.29 is 39.0 Å². The number of aliphatic carboxylic acids is 2. The molecule has 0 aliphatic carbocycles. The summed E-state index contributed by atoms with van der Waals surface area (Å²) in [6, 6.07) is -4.45. The number of rotatable bonds is 14. The molecule has 1 fully saturated rings. The molecule has 1 aliphatic rings. The predicted molar refractivity (Wildman–Crippen MR) is 119 cm³/mol. The molecule has 13 heteroatoms. The normalized spacial score (nSPS) is 18.1. The Morgan fingerprint density at radius 2 is 1.62 bits per heavy atom. The second-order valence-corrected chi connectivity index (χ2v) is 8.82. The fourth-order valence-corrected chi connectivity index (χ4v) is 3.75. The van der Waals surface area contributed by atoms with Crippen LogP contribution >= 0.6 is 0 Å². The van der Waals surface area contributed by atoms with E-state index in [1.165, 1.54) is 4.90 Å². The minimum Gasteiger partial charge on any atom is -0.481 e. The molecule has 0 radical (unpaired) electrons. The van der Waals surface area contributed by atoms with E-state index in [0.29, 0.717) is 25.8 Å². The van der Waals surface area contributed by atoms with E-state index in [9.17, 15) is 33.9 Å². The van der Waals surface area contributed by atoms with E-state index in [0.717, 1.165) is 0 Å². The smallest absolute Gasteiger partial charge is 0.326 e. The number of carboxylic acids is 2. The molecule has 0 aromatic carbocycles. The zero-order chi connectivity index (χ0) is 26.0. The van der Waals surface area contributed by atoms with Gasteiger partial charge in [-0.25, -0.2) is 4.79 Å². The average molecular weight is 486 g/mol. The number of likely N-dealkylation sites (tertiary alicyclic amines) is 1. The van der Waals surface area contributed by atoms with Crippen molar-refractivity contribution in [2.75, 3.05) is 6.54 Å². The van der Waals surface area contributed by atoms with E-state index < -0.39 is 60.2 Å². The predicted octanol–water partition coefficient (Wildman–Crippen LogP) is -1.46. The molecule has 4 atom stereocenters. The number of nitrogens with two attached hydrogens (primary N) is 2. The highest BCUT2D eigenvalue weighted by Crippen LogP contribution is 2.20. The molecule has 0 spiro atoms. The molecular weight excluding hydrogens is 450 g/mol. The highest BCUT2D eigenvalue weighted by molar-refractivity contribution is 5.94. The Labute approximate surface area is 197 Å². The van der Waals surface area contributed by atoms with Crippen molar-refractivity contribution in [3.05, 3.63) is 0 Å². The van der Waals surface area contributed by atoms with Gasteiger partial charge >= 0.3 is 11.9 Å². The van der Waals surface area contributed by atoms with E-state index in [1.54, 1.807) is 0 Å². The summed E-state index contributed by atoms with van der Waals surface area (Å²) in [5.74, 6) is -5.14. The van der Waals surface area contributed by atoms with Crippen LogP contribution in [0.15, 0.2) is 0 Å². The zero-order valence-electron chi connectivity index (χ0n) is 19.5. The SMILES string of the molecule is CC(C)C[C@H](N)C(=O)N1CCC[C@H]1C(=O)N[C@@H](CCC(N)=O)C(=O)N[C@@H](CCC(=O)O)C(=O)O. The lowest BCUT2D eigenvalue weighted by molar-refractivity contribution is -0.144. The number of carboxylic acid groups (broad SMARTS) is 2. The molecule has 4 amide bonds. The first kappa shape index (κ1) is 28.8. The monoisotopic (exact) mass is 485 g/mol. The maximum Gasteiger partial charge on any atom is 0.326 e. The van der Waals surface area contributed by atoms with E-state index in [-0.39, 0.29) is 31.1 Å². The van der Waals surface area contributed by atoms with Gasteiger partial charge in [-0.15, -0.1) is 0 Å². The van der Waals surface area contributed by atoms with Gasteiger partial charge in [-0.1, -0.05) is 13.8 Å². The van der Waals surface area contributed by atoms with Crippen LogP contribution in [-0.2, 0) is 28.8 Å². The number of carbonyl (C=O) groups is 6. The quantitative estimate of drug-likeness (QED) is 0.169. The van der Waals surface area contributed by atoms with Gasteiger partial charge in [0.05, 0.1) is 6.04 Å². The molecular formula is C21H35N5O8. The van der Waals surface area contributed by atoms with E-state index in [1.807, 2.05) is 13.8 Å². The topological polar surface area (TPSA) is 222 Å². The van der Waals surface area contributed by atoms with E-state index >= 15 is 0 Å². The summed E-state index contributed by atoms with van der Waals surface area (Å²) in [5.41, 5.74) is 11.1. The van der Waals surface area contributed by atoms with E-state index in [4.69, 9.17) is 16.6 Å². The molecule has 1 aliphatic heterocycles. The van der Waals surface area contributed by atoms with Crippen molar-refractivity contribution >= 4 is 35.6 Å². The lowest BCUT2D eigenvalue weighted by atomic mass is 10.0. The number of carbonyl (C=O) groups excluding carboxylic acids is 4. The highest BCUT2D eigenvalue weighted by atomic mass is 16.4. The third kappa shape index (κ3) is 9.33. The van der Waals surface area contributed by atoms with Crippen LogP contribution in [0, 0.1) is 5.92 Å². The lowest BCUT2D eigenvalue weighted by Gasteiger charge is -2.29. The Hall–Kier alpha value is -3.22. The molecule has 0 unspecified atom stereocenters. The fourth-order valence-electron chi connectivity index (χ4n) is 3.75. The minimum atomic E-state index is -1.50. The van der Waals surface area contributed by atoms with Gasteiger partial charge in [-0.05, 0) is 38.0 Å². The number of hydrogen-bond donors (Lipinski definition) is 6. The van der Waals surface area contributed by atoms with Crippen LogP contribution in [0.3, 0.4) is 0 Å². The van der Waals surface area contributed by atoms with Gasteiger partial charge in [0.15, 0.2) is 0 Å². The first-order valence-electron chi connectivity index (χ1n) is 11.2. The Bertz CT molecular complexity index is 787. The first-order valence-corrected chi connectivity index (χ1v) is 11.2. The number of primary amides is 1. The summed E-state index contributed by atoms with van der Waals surface area (Å²) in [6.07, 6.45) is 0.0275. The Kier molecular flexibility index (Phi) is 11.4. The van der Waals surface area contributed by atoms with Crippen LogP contribution in [0.4, 0.5) is 0 Å². The van der Waals surface area contributed by atoms with Gasteiger partial charge in [0.1, 0.15) is 18.1 Å². The van der Waals surface area contributed by atoms with Gasteiger partial charge in [-0.3, -0.25) is 24.0 Å². The van der Waals surface area contributed by atoms with Gasteiger partial charge < -0.3 is 37.2 Å². The van der Waals surface area contributed by atoms with Crippen molar-refractivity contribution in [2.24, 2.45) is 17.4 Å². The molecule has 0 aromatic heterocycles. The van der Waals surface area contributed by atoms with Gasteiger partial charge in [0.2, 0.25) is 23.6 Å². The van der Waals surface area contributed by atoms with Crippen molar-refractivity contribution in [3.8, 4) is 0 Å². The largest absolute Gasteiger partial charge is 0.481 e. The molecule has 192 valence electrons. The first-order chi connectivity index (χ1) is 15.8. The summed E-state index contributed by atoms with van der Waals surface area (Å²) in [4.78, 5) is 73.2. The Morgan fingerprint density at radius 1 is 1.00 bits per heavy atom. The van der Waals surface area contributed by atoms with Crippen LogP contribution in [0.5, 0.6) is 0 Å². The third-order valence-corrected chi connectivity index (χ3v) is 5.45. The molecule has 8 N–H and O–H groups in total. The van der Waals surface area contributed by atoms with Gasteiger partial charge in [0, 0.05) is 19.4 Å². The number of nitrogens with one attached hydrogen (secondary N) is 2. The number of amides is 4. The van der Waals surface area contributed by atoms with Crippen LogP contribution < -0.4 is 22.1 Å². The van der Waals surface area contributed by atoms with Gasteiger partial charge in [0.25, 0.3) is 0 Å². The molecule has 1 saturated heterocycles. The number of hydrogen-bond acceptors (Lipinski definition) is 7. The minimum absolute atomic E-state index is 0.180. The lowest BCUT2D eigenvalue weighted by Crippen LogP contribution is -2.56. The molecule has 0 aromatic rings. The van der Waals surface area contributed by atoms with Crippen LogP contribution in [0.1, 0.15) is 58.8 Å². The third-order valence-electron chi connectivity index (χ3n) is 5.45. The van der Waals surface area contributed by atoms with E-state index in [2.05, 4.69) is 10.6 Å². The van der Waals surface area contributed by atoms with Crippen LogP contribution in [0.25, 0.3) is 0 Å². The molecule has 1 heterocycles. The fraction of sp³-hybridized carbons (Fsp3) is 0.714. The summed E-state index contributed by atoms with van der Waals surface area (Å²) < 4.78 is 0. The maximum atomic E-state index is 13.0. The van der Waals surface area contributed by atoms with Crippen molar-refractivity contribution in [3.63, 3.8) is 0 Å². The van der Waals surface area contributed by atoms with Gasteiger partial charge in [-0.2, -0.15) is 0 Å². The second kappa shape index (κ2) is 13.5. The highest BCUT2D eigenvalue weighted by Gasteiger charge is 2.38. The van der Waals surface area contributed by atoms with Crippen LogP contribution in [0.2, 0.25) is 0 Å². The summed E-state index contributed by atoms with van der Waals surface area (Å²) in [6.45, 7) is 4.17. The Balaban J connectivity index is 2.94. The molecule has 0 bridgehead atoms. The summed E-state index contributed by atoms with van der Waals surface area (Å²) in [5, 5.41) is 22.7. The maximum absolute atomic E-state index is 13.0. The molecule has 0 saturated carbocycles. The molecule has 13 nitrogen and oxygen atoms in total. The average Bonchev–Trinajstić information content (AvgIpc) is 3.22. The molecule has 1 rings (SSSR count). The van der Waals surface area contributed by atoms with Crippen molar-refractivity contribution in [1.82, 2.24) is 15.5 Å². The second-order valence-electron chi connectivity index (χ2n) is 8.82. The number of nitrogens with zero attached hydrogens (tertiary/aromatic N) is 1. The standard InChI is InChI=1S/C21H35N5O8/c1-11(2)10-12(22)20(32)26-9-3-4-15(26)19(31)24-13(5-7-16(23)27)18(30)25-14(21(33)34)6-8-17(28)29/h11-15H,3-10,22H2,1-2H3,(H2,23,27)(H,24,31)(H,25,30)(H,28,29)(H,33,34)/t12-,13-,14-,15-/m0/s1. The zero-order valence-corrected chi connectivity index (χ0v) is 19.5. The Morgan fingerprint density at radius 3 is 2.15 bits per heavy atom. The van der Waals surface area contributed by atoms with Crippen molar-refractivity contribution in [1.29, 1.82) is 0 Å². The van der Waals surface area contributed by atoms with Crippen LogP contribution in [-0.4, -0.2) is 81.4 Å².